The van der Waals surface area contributed by atoms with Crippen LogP contribution in [0.25, 0.3) is 22.9 Å². The molecule has 2 amide bonds. The Kier molecular flexibility index (Phi) is 11.5. The molecule has 1 aliphatic rings. The number of halogens is 2. The van der Waals surface area contributed by atoms with E-state index in [9.17, 15) is 14.4 Å². The second-order valence-corrected chi connectivity index (χ2v) is 12.8. The fourth-order valence-electron chi connectivity index (χ4n) is 5.74. The maximum atomic E-state index is 13.5. The summed E-state index contributed by atoms with van der Waals surface area (Å²) in [5.41, 5.74) is 4.01. The van der Waals surface area contributed by atoms with E-state index >= 15 is 0 Å². The zero-order valence-corrected chi connectivity index (χ0v) is 28.4. The first-order chi connectivity index (χ1) is 23.1. The summed E-state index contributed by atoms with van der Waals surface area (Å²) >= 11 is 12.8. The second kappa shape index (κ2) is 15.9. The average Bonchev–Trinajstić information content (AvgIpc) is 3.62. The quantitative estimate of drug-likeness (QED) is 0.164. The second-order valence-electron chi connectivity index (χ2n) is 12.0. The summed E-state index contributed by atoms with van der Waals surface area (Å²) < 4.78 is 6.25. The minimum Gasteiger partial charge on any atom is -0.469 e. The highest BCUT2D eigenvalue weighted by atomic mass is 35.5. The lowest BCUT2D eigenvalue weighted by atomic mass is 9.89. The number of methoxy groups -OCH3 is 1. The van der Waals surface area contributed by atoms with Crippen molar-refractivity contribution in [3.8, 4) is 16.8 Å². The summed E-state index contributed by atoms with van der Waals surface area (Å²) in [5, 5.41) is 23.8. The SMILES string of the molecule is COC(=O)Cc1ccc(-c2cc([C@H](CC3CCCN(C(=O)C(C)C)C3)NC(=O)/C=C/c3cc(Cl)ccc3-n3cnnn3)nnc2Cl)cc1. The molecule has 4 aromatic rings. The number of ether oxygens (including phenoxy) is 1. The van der Waals surface area contributed by atoms with Crippen LogP contribution < -0.4 is 5.32 Å². The van der Waals surface area contributed by atoms with Crippen molar-refractivity contribution in [2.45, 2.75) is 45.6 Å². The number of piperidine rings is 1. The molecule has 3 heterocycles. The number of hydrogen-bond acceptors (Lipinski definition) is 9. The van der Waals surface area contributed by atoms with Crippen LogP contribution in [-0.2, 0) is 25.5 Å². The fourth-order valence-corrected chi connectivity index (χ4v) is 6.12. The number of nitrogens with zero attached hydrogens (tertiary/aromatic N) is 7. The molecule has 250 valence electrons. The molecule has 12 nitrogen and oxygen atoms in total. The van der Waals surface area contributed by atoms with E-state index in [2.05, 4.69) is 31.0 Å². The van der Waals surface area contributed by atoms with Gasteiger partial charge in [-0.3, -0.25) is 14.4 Å². The van der Waals surface area contributed by atoms with Crippen LogP contribution in [0.5, 0.6) is 0 Å². The number of amides is 2. The molecular weight excluding hydrogens is 655 g/mol. The number of carbonyl (C=O) groups excluding carboxylic acids is 3. The van der Waals surface area contributed by atoms with Crippen molar-refractivity contribution in [3.05, 3.63) is 87.9 Å². The van der Waals surface area contributed by atoms with E-state index in [0.717, 1.165) is 24.0 Å². The lowest BCUT2D eigenvalue weighted by molar-refractivity contribution is -0.140. The van der Waals surface area contributed by atoms with Crippen LogP contribution in [0.4, 0.5) is 0 Å². The molecule has 2 aromatic heterocycles. The largest absolute Gasteiger partial charge is 0.469 e. The van der Waals surface area contributed by atoms with Gasteiger partial charge in [0, 0.05) is 41.2 Å². The standard InChI is InChI=1S/C34H36Cl2N8O4/c1-21(2)34(47)43-14-4-5-23(19-43)15-28(38-31(45)13-10-25-17-26(35)11-12-30(25)44-20-37-41-42-44)29-18-27(33(36)40-39-29)24-8-6-22(7-9-24)16-32(46)48-3/h6-13,17-18,20-21,23,28H,4-5,14-16,19H2,1-3H3,(H,38,45)/b13-10+/t23?,28-/m0/s1. The molecule has 14 heteroatoms. The van der Waals surface area contributed by atoms with Gasteiger partial charge in [0.15, 0.2) is 5.15 Å². The zero-order chi connectivity index (χ0) is 34.2. The van der Waals surface area contributed by atoms with E-state index in [-0.39, 0.29) is 41.2 Å². The third-order valence-electron chi connectivity index (χ3n) is 8.18. The van der Waals surface area contributed by atoms with E-state index in [1.54, 1.807) is 24.3 Å². The topological polar surface area (TPSA) is 145 Å². The molecular formula is C34H36Cl2N8O4. The summed E-state index contributed by atoms with van der Waals surface area (Å²) in [6.45, 7) is 5.11. The molecule has 0 saturated carbocycles. The Morgan fingerprint density at radius 3 is 2.58 bits per heavy atom. The molecule has 5 rings (SSSR count). The van der Waals surface area contributed by atoms with Crippen LogP contribution in [0.15, 0.2) is 60.9 Å². The van der Waals surface area contributed by atoms with E-state index in [1.165, 1.54) is 24.2 Å². The number of tetrazole rings is 1. The number of hydrogen-bond donors (Lipinski definition) is 1. The lowest BCUT2D eigenvalue weighted by Crippen LogP contribution is -2.43. The van der Waals surface area contributed by atoms with Gasteiger partial charge in [-0.2, -0.15) is 9.78 Å². The monoisotopic (exact) mass is 690 g/mol. The van der Waals surface area contributed by atoms with Gasteiger partial charge in [-0.1, -0.05) is 61.3 Å². The van der Waals surface area contributed by atoms with Gasteiger partial charge < -0.3 is 15.0 Å². The van der Waals surface area contributed by atoms with Gasteiger partial charge in [0.1, 0.15) is 6.33 Å². The van der Waals surface area contributed by atoms with Gasteiger partial charge in [-0.15, -0.1) is 10.2 Å². The van der Waals surface area contributed by atoms with Crippen molar-refractivity contribution in [1.29, 1.82) is 0 Å². The van der Waals surface area contributed by atoms with Crippen molar-refractivity contribution >= 4 is 47.1 Å². The highest BCUT2D eigenvalue weighted by Gasteiger charge is 2.29. The van der Waals surface area contributed by atoms with Crippen molar-refractivity contribution in [2.75, 3.05) is 20.2 Å². The van der Waals surface area contributed by atoms with E-state index in [1.807, 2.05) is 49.1 Å². The van der Waals surface area contributed by atoms with Gasteiger partial charge in [0.05, 0.1) is 31.0 Å². The smallest absolute Gasteiger partial charge is 0.309 e. The number of aromatic nitrogens is 6. The first-order valence-corrected chi connectivity index (χ1v) is 16.4. The number of esters is 1. The Labute approximate surface area is 288 Å². The number of carbonyl (C=O) groups is 3. The van der Waals surface area contributed by atoms with Crippen molar-refractivity contribution in [1.82, 2.24) is 40.6 Å². The van der Waals surface area contributed by atoms with Gasteiger partial charge in [0.25, 0.3) is 0 Å². The average molecular weight is 692 g/mol. The molecule has 1 unspecified atom stereocenters. The maximum absolute atomic E-state index is 13.5. The number of rotatable bonds is 11. The van der Waals surface area contributed by atoms with Crippen LogP contribution in [0, 0.1) is 11.8 Å². The van der Waals surface area contributed by atoms with Crippen molar-refractivity contribution in [2.24, 2.45) is 11.8 Å². The van der Waals surface area contributed by atoms with Crippen molar-refractivity contribution < 1.29 is 19.1 Å². The molecule has 2 aromatic carbocycles. The summed E-state index contributed by atoms with van der Waals surface area (Å²) in [6, 6.07) is 13.8. The number of likely N-dealkylation sites (tertiary alicyclic amines) is 1. The molecule has 0 radical (unpaired) electrons. The Balaban J connectivity index is 1.42. The predicted molar refractivity (Wildman–Crippen MR) is 181 cm³/mol. The Bertz CT molecular complexity index is 1780. The lowest BCUT2D eigenvalue weighted by Gasteiger charge is -2.35. The zero-order valence-electron chi connectivity index (χ0n) is 26.8. The minimum absolute atomic E-state index is 0.0993. The maximum Gasteiger partial charge on any atom is 0.309 e. The molecule has 48 heavy (non-hydrogen) atoms. The fraction of sp³-hybridized carbons (Fsp3) is 0.353. The Morgan fingerprint density at radius 1 is 1.08 bits per heavy atom. The van der Waals surface area contributed by atoms with E-state index in [0.29, 0.717) is 47.0 Å². The van der Waals surface area contributed by atoms with Crippen molar-refractivity contribution in [3.63, 3.8) is 0 Å². The molecule has 0 aliphatic carbocycles. The minimum atomic E-state index is -0.540. The number of benzene rings is 2. The number of nitrogens with one attached hydrogen (secondary N) is 1. The normalized spacial score (nSPS) is 15.5. The first-order valence-electron chi connectivity index (χ1n) is 15.6. The van der Waals surface area contributed by atoms with Crippen LogP contribution in [-0.4, -0.2) is 73.3 Å². The van der Waals surface area contributed by atoms with Crippen LogP contribution in [0.3, 0.4) is 0 Å². The molecule has 2 atom stereocenters. The van der Waals surface area contributed by atoms with Crippen LogP contribution in [0.1, 0.15) is 56.0 Å². The summed E-state index contributed by atoms with van der Waals surface area (Å²) in [7, 11) is 1.35. The third-order valence-corrected chi connectivity index (χ3v) is 8.69. The highest BCUT2D eigenvalue weighted by molar-refractivity contribution is 6.32. The summed E-state index contributed by atoms with van der Waals surface area (Å²) in [4.78, 5) is 40.0. The third kappa shape index (κ3) is 8.81. The molecule has 1 N–H and O–H groups in total. The van der Waals surface area contributed by atoms with E-state index < -0.39 is 6.04 Å². The Morgan fingerprint density at radius 2 is 1.88 bits per heavy atom. The Hall–Kier alpha value is -4.68. The predicted octanol–water partition coefficient (Wildman–Crippen LogP) is 5.30. The van der Waals surface area contributed by atoms with Crippen LogP contribution >= 0.6 is 23.2 Å². The van der Waals surface area contributed by atoms with E-state index in [4.69, 9.17) is 27.9 Å². The summed E-state index contributed by atoms with van der Waals surface area (Å²) in [5.74, 6) is -0.558. The van der Waals surface area contributed by atoms with Crippen LogP contribution in [0.2, 0.25) is 10.2 Å². The van der Waals surface area contributed by atoms with Gasteiger partial charge in [-0.25, -0.2) is 0 Å². The van der Waals surface area contributed by atoms with Gasteiger partial charge >= 0.3 is 5.97 Å². The molecule has 1 saturated heterocycles. The molecule has 1 aliphatic heterocycles. The summed E-state index contributed by atoms with van der Waals surface area (Å²) in [6.07, 6.45) is 6.97. The molecule has 0 bridgehead atoms. The first kappa shape index (κ1) is 34.6. The highest BCUT2D eigenvalue weighted by Crippen LogP contribution is 2.32. The van der Waals surface area contributed by atoms with Gasteiger partial charge in [0.2, 0.25) is 11.8 Å². The van der Waals surface area contributed by atoms with Gasteiger partial charge in [-0.05, 0) is 77.1 Å². The molecule has 1 fully saturated rings. The molecule has 0 spiro atoms.